The minimum atomic E-state index is -0.321. The summed E-state index contributed by atoms with van der Waals surface area (Å²) in [4.78, 5) is 16.2. The van der Waals surface area contributed by atoms with Gasteiger partial charge < -0.3 is 10.6 Å². The average molecular weight is 354 g/mol. The van der Waals surface area contributed by atoms with E-state index in [1.165, 1.54) is 0 Å². The molecule has 0 unspecified atom stereocenters. The molecule has 0 fully saturated rings. The average Bonchev–Trinajstić information content (AvgIpc) is 2.63. The topological polar surface area (TPSA) is 79.8 Å². The summed E-state index contributed by atoms with van der Waals surface area (Å²) in [6.07, 6.45) is 3.46. The quantitative estimate of drug-likeness (QED) is 0.731. The Morgan fingerprint density at radius 3 is 2.56 bits per heavy atom. The molecule has 0 radical (unpaired) electrons. The Kier molecular flexibility index (Phi) is 5.20. The number of anilines is 2. The zero-order valence-electron chi connectivity index (χ0n) is 13.5. The lowest BCUT2D eigenvalue weighted by Crippen LogP contribution is -2.15. The molecule has 0 spiro atoms. The van der Waals surface area contributed by atoms with E-state index in [0.29, 0.717) is 23.1 Å². The highest BCUT2D eigenvalue weighted by atomic mass is 35.5. The van der Waals surface area contributed by atoms with Gasteiger partial charge >= 0.3 is 0 Å². The van der Waals surface area contributed by atoms with Crippen LogP contribution in [-0.2, 0) is 6.54 Å². The lowest BCUT2D eigenvalue weighted by atomic mass is 10.2. The number of halogens is 1. The third-order valence-corrected chi connectivity index (χ3v) is 3.79. The number of nitrogens with zero attached hydrogens (tertiary/aromatic N) is 3. The maximum atomic E-state index is 12.3. The van der Waals surface area contributed by atoms with Crippen molar-refractivity contribution in [2.45, 2.75) is 13.5 Å². The van der Waals surface area contributed by atoms with Crippen LogP contribution in [-0.4, -0.2) is 21.1 Å². The first-order valence-electron chi connectivity index (χ1n) is 7.66. The number of hydrogen-bond donors (Lipinski definition) is 2. The van der Waals surface area contributed by atoms with Gasteiger partial charge in [-0.15, -0.1) is 10.2 Å². The van der Waals surface area contributed by atoms with E-state index >= 15 is 0 Å². The molecule has 2 aromatic heterocycles. The first-order chi connectivity index (χ1) is 12.1. The van der Waals surface area contributed by atoms with Crippen LogP contribution in [0.25, 0.3) is 0 Å². The Bertz CT molecular complexity index is 868. The van der Waals surface area contributed by atoms with Crippen LogP contribution < -0.4 is 10.6 Å². The van der Waals surface area contributed by atoms with Gasteiger partial charge in [-0.3, -0.25) is 9.78 Å². The third-order valence-electron chi connectivity index (χ3n) is 3.56. The number of pyridine rings is 1. The Morgan fingerprint density at radius 1 is 1.08 bits per heavy atom. The van der Waals surface area contributed by atoms with E-state index in [1.54, 1.807) is 42.7 Å². The molecule has 126 valence electrons. The van der Waals surface area contributed by atoms with Crippen LogP contribution in [0.2, 0.25) is 5.02 Å². The number of carbonyl (C=O) groups is 1. The molecular formula is C18H16ClN5O. The molecule has 0 aliphatic rings. The maximum Gasteiger partial charge on any atom is 0.276 e. The molecule has 0 atom stereocenters. The van der Waals surface area contributed by atoms with E-state index in [0.717, 1.165) is 11.1 Å². The molecule has 3 aromatic rings. The number of aryl methyl sites for hydroxylation is 1. The molecule has 2 N–H and O–H groups in total. The standard InChI is InChI=1S/C18H16ClN5O/c1-12-10-14(19)2-3-15(12)22-18(25)16-4-5-17(24-23-16)21-11-13-6-8-20-9-7-13/h2-10H,11H2,1H3,(H,21,24)(H,22,25). The fourth-order valence-electron chi connectivity index (χ4n) is 2.19. The van der Waals surface area contributed by atoms with E-state index in [4.69, 9.17) is 11.6 Å². The first kappa shape index (κ1) is 16.9. The number of nitrogens with one attached hydrogen (secondary N) is 2. The van der Waals surface area contributed by atoms with Gasteiger partial charge in [0.05, 0.1) is 0 Å². The van der Waals surface area contributed by atoms with Gasteiger partial charge in [-0.2, -0.15) is 0 Å². The van der Waals surface area contributed by atoms with Crippen LogP contribution in [0.4, 0.5) is 11.5 Å². The summed E-state index contributed by atoms with van der Waals surface area (Å²) in [6.45, 7) is 2.48. The van der Waals surface area contributed by atoms with Crippen LogP contribution in [0.1, 0.15) is 21.6 Å². The molecule has 6 nitrogen and oxygen atoms in total. The van der Waals surface area contributed by atoms with E-state index < -0.39 is 0 Å². The minimum absolute atomic E-state index is 0.240. The molecule has 1 aromatic carbocycles. The number of aromatic nitrogens is 3. The third kappa shape index (κ3) is 4.51. The zero-order valence-corrected chi connectivity index (χ0v) is 14.3. The minimum Gasteiger partial charge on any atom is -0.365 e. The Morgan fingerprint density at radius 2 is 1.88 bits per heavy atom. The summed E-state index contributed by atoms with van der Waals surface area (Å²) in [7, 11) is 0. The molecule has 0 bridgehead atoms. The molecule has 0 aliphatic heterocycles. The van der Waals surface area contributed by atoms with Crippen molar-refractivity contribution in [3.63, 3.8) is 0 Å². The fourth-order valence-corrected chi connectivity index (χ4v) is 2.42. The molecule has 3 rings (SSSR count). The normalized spacial score (nSPS) is 10.3. The predicted molar refractivity (Wildman–Crippen MR) is 97.7 cm³/mol. The summed E-state index contributed by atoms with van der Waals surface area (Å²) in [6, 6.07) is 12.4. The molecule has 0 saturated carbocycles. The van der Waals surface area contributed by atoms with Crippen molar-refractivity contribution in [1.29, 1.82) is 0 Å². The lowest BCUT2D eigenvalue weighted by Gasteiger charge is -2.09. The highest BCUT2D eigenvalue weighted by Crippen LogP contribution is 2.20. The second-order valence-corrected chi connectivity index (χ2v) is 5.86. The van der Waals surface area contributed by atoms with Gasteiger partial charge in [0.2, 0.25) is 0 Å². The summed E-state index contributed by atoms with van der Waals surface area (Å²) < 4.78 is 0. The Balaban J connectivity index is 1.62. The van der Waals surface area contributed by atoms with E-state index in [1.807, 2.05) is 19.1 Å². The maximum absolute atomic E-state index is 12.3. The molecule has 1 amide bonds. The van der Waals surface area contributed by atoms with Crippen molar-refractivity contribution in [1.82, 2.24) is 15.2 Å². The number of hydrogen-bond acceptors (Lipinski definition) is 5. The van der Waals surface area contributed by atoms with Crippen molar-refractivity contribution in [3.05, 3.63) is 76.7 Å². The monoisotopic (exact) mass is 353 g/mol. The first-order valence-corrected chi connectivity index (χ1v) is 8.03. The van der Waals surface area contributed by atoms with Gasteiger partial charge in [-0.25, -0.2) is 0 Å². The summed E-state index contributed by atoms with van der Waals surface area (Å²) in [5, 5.41) is 14.6. The Labute approximate surface area is 150 Å². The summed E-state index contributed by atoms with van der Waals surface area (Å²) >= 11 is 5.92. The second-order valence-electron chi connectivity index (χ2n) is 5.43. The number of carbonyl (C=O) groups excluding carboxylic acids is 1. The van der Waals surface area contributed by atoms with Gasteiger partial charge in [0.1, 0.15) is 5.82 Å². The molecule has 0 aliphatic carbocycles. The van der Waals surface area contributed by atoms with Gasteiger partial charge in [0, 0.05) is 29.6 Å². The van der Waals surface area contributed by atoms with Crippen molar-refractivity contribution in [2.24, 2.45) is 0 Å². The Hall–Kier alpha value is -2.99. The lowest BCUT2D eigenvalue weighted by molar-refractivity contribution is 0.102. The fraction of sp³-hybridized carbons (Fsp3) is 0.111. The van der Waals surface area contributed by atoms with E-state index in [9.17, 15) is 4.79 Å². The smallest absolute Gasteiger partial charge is 0.276 e. The van der Waals surface area contributed by atoms with Crippen molar-refractivity contribution in [2.75, 3.05) is 10.6 Å². The van der Waals surface area contributed by atoms with Crippen LogP contribution >= 0.6 is 11.6 Å². The molecule has 7 heteroatoms. The number of benzene rings is 1. The van der Waals surface area contributed by atoms with Crippen LogP contribution in [0.15, 0.2) is 54.9 Å². The van der Waals surface area contributed by atoms with Gasteiger partial charge in [-0.05, 0) is 60.5 Å². The van der Waals surface area contributed by atoms with Crippen molar-refractivity contribution in [3.8, 4) is 0 Å². The summed E-state index contributed by atoms with van der Waals surface area (Å²) in [5.74, 6) is 0.273. The van der Waals surface area contributed by atoms with Gasteiger partial charge in [0.25, 0.3) is 5.91 Å². The summed E-state index contributed by atoms with van der Waals surface area (Å²) in [5.41, 5.74) is 2.89. The van der Waals surface area contributed by atoms with Crippen LogP contribution in [0.3, 0.4) is 0 Å². The van der Waals surface area contributed by atoms with Crippen LogP contribution in [0, 0.1) is 6.92 Å². The van der Waals surface area contributed by atoms with Crippen LogP contribution in [0.5, 0.6) is 0 Å². The van der Waals surface area contributed by atoms with Crippen molar-refractivity contribution >= 4 is 29.0 Å². The van der Waals surface area contributed by atoms with Crippen molar-refractivity contribution < 1.29 is 4.79 Å². The van der Waals surface area contributed by atoms with E-state index in [2.05, 4.69) is 25.8 Å². The largest absolute Gasteiger partial charge is 0.365 e. The predicted octanol–water partition coefficient (Wildman–Crippen LogP) is 3.70. The van der Waals surface area contributed by atoms with Gasteiger partial charge in [0.15, 0.2) is 5.69 Å². The molecule has 2 heterocycles. The molecule has 25 heavy (non-hydrogen) atoms. The van der Waals surface area contributed by atoms with E-state index in [-0.39, 0.29) is 11.6 Å². The highest BCUT2D eigenvalue weighted by molar-refractivity contribution is 6.30. The highest BCUT2D eigenvalue weighted by Gasteiger charge is 2.10. The number of amides is 1. The van der Waals surface area contributed by atoms with Gasteiger partial charge in [-0.1, -0.05) is 11.6 Å². The second kappa shape index (κ2) is 7.72. The SMILES string of the molecule is Cc1cc(Cl)ccc1NC(=O)c1ccc(NCc2ccncc2)nn1. The number of rotatable bonds is 5. The molecular weight excluding hydrogens is 338 g/mol. The zero-order chi connectivity index (χ0) is 17.6. The molecule has 0 saturated heterocycles.